The number of hydrogen-bond donors (Lipinski definition) is 1. The summed E-state index contributed by atoms with van der Waals surface area (Å²) < 4.78 is 17.5. The van der Waals surface area contributed by atoms with Crippen LogP contribution in [0.1, 0.15) is 45.2 Å². The van der Waals surface area contributed by atoms with Gasteiger partial charge in [-0.25, -0.2) is 0 Å². The van der Waals surface area contributed by atoms with E-state index in [1.165, 1.54) is 5.56 Å². The Hall–Kier alpha value is -0.870. The Balaban J connectivity index is 2.72. The van der Waals surface area contributed by atoms with E-state index in [2.05, 4.69) is 31.3 Å². The molecule has 3 nitrogen and oxygen atoms in total. The molecule has 0 aliphatic carbocycles. The fourth-order valence-corrected chi connectivity index (χ4v) is 3.36. The molecule has 1 N–H and O–H groups in total. The third-order valence-corrected chi connectivity index (χ3v) is 4.59. The molecule has 20 heavy (non-hydrogen) atoms. The van der Waals surface area contributed by atoms with Crippen molar-refractivity contribution in [3.8, 4) is 5.75 Å². The summed E-state index contributed by atoms with van der Waals surface area (Å²) in [6.07, 6.45) is 2.05. The lowest BCUT2D eigenvalue weighted by atomic mass is 10.1. The van der Waals surface area contributed by atoms with Crippen LogP contribution in [0.15, 0.2) is 24.3 Å². The summed E-state index contributed by atoms with van der Waals surface area (Å²) in [4.78, 5) is 0. The molecular weight excluding hydrogens is 270 g/mol. The molecule has 0 radical (unpaired) electrons. The van der Waals surface area contributed by atoms with Crippen molar-refractivity contribution in [2.24, 2.45) is 0 Å². The maximum atomic E-state index is 12.0. The number of nitrogens with one attached hydrogen (secondary N) is 1. The van der Waals surface area contributed by atoms with Gasteiger partial charge in [-0.2, -0.15) is 0 Å². The summed E-state index contributed by atoms with van der Waals surface area (Å²) in [6, 6.07) is 8.28. The zero-order valence-corrected chi connectivity index (χ0v) is 13.7. The van der Waals surface area contributed by atoms with Crippen molar-refractivity contribution in [1.82, 2.24) is 5.32 Å². The van der Waals surface area contributed by atoms with Crippen LogP contribution < -0.4 is 10.1 Å². The molecule has 2 atom stereocenters. The van der Waals surface area contributed by atoms with Gasteiger partial charge in [0.2, 0.25) is 0 Å². The molecule has 1 rings (SSSR count). The molecule has 1 aromatic carbocycles. The fraction of sp³-hybridized carbons (Fsp3) is 0.625. The second kappa shape index (κ2) is 9.94. The third-order valence-electron chi connectivity index (χ3n) is 3.02. The van der Waals surface area contributed by atoms with Gasteiger partial charge in [0.25, 0.3) is 0 Å². The largest absolute Gasteiger partial charge is 0.494 e. The molecule has 2 unspecified atom stereocenters. The van der Waals surface area contributed by atoms with Crippen LogP contribution in [0.4, 0.5) is 0 Å². The van der Waals surface area contributed by atoms with Crippen molar-refractivity contribution in [3.63, 3.8) is 0 Å². The van der Waals surface area contributed by atoms with E-state index < -0.39 is 10.8 Å². The molecule has 0 spiro atoms. The smallest absolute Gasteiger partial charge is 0.119 e. The highest BCUT2D eigenvalue weighted by Crippen LogP contribution is 2.19. The van der Waals surface area contributed by atoms with E-state index in [4.69, 9.17) is 4.74 Å². The van der Waals surface area contributed by atoms with Crippen LogP contribution in [-0.4, -0.2) is 28.9 Å². The molecule has 0 bridgehead atoms. The number of rotatable bonds is 10. The summed E-state index contributed by atoms with van der Waals surface area (Å²) in [5.74, 6) is 2.35. The fourth-order valence-electron chi connectivity index (χ4n) is 2.05. The van der Waals surface area contributed by atoms with Gasteiger partial charge in [0.15, 0.2) is 0 Å². The highest BCUT2D eigenvalue weighted by Gasteiger charge is 2.14. The Morgan fingerprint density at radius 3 is 2.40 bits per heavy atom. The standard InChI is InChI=1S/C16H27NO2S/c1-4-11-17-16(13-20(18)12-5-2)14-7-9-15(10-8-14)19-6-3/h7-10,16-17H,4-6,11-13H2,1-3H3. The summed E-state index contributed by atoms with van der Waals surface area (Å²) in [5.41, 5.74) is 1.19. The second-order valence-corrected chi connectivity index (χ2v) is 6.44. The first-order valence-corrected chi connectivity index (χ1v) is 9.01. The van der Waals surface area contributed by atoms with E-state index in [9.17, 15) is 4.21 Å². The SMILES string of the molecule is CCCNC(CS(=O)CCC)c1ccc(OCC)cc1. The zero-order valence-electron chi connectivity index (χ0n) is 12.9. The van der Waals surface area contributed by atoms with Crippen molar-refractivity contribution in [2.45, 2.75) is 39.7 Å². The number of ether oxygens (including phenoxy) is 1. The van der Waals surface area contributed by atoms with Crippen LogP contribution in [0, 0.1) is 0 Å². The number of benzene rings is 1. The van der Waals surface area contributed by atoms with Crippen LogP contribution in [-0.2, 0) is 10.8 Å². The normalized spacial score (nSPS) is 13.9. The van der Waals surface area contributed by atoms with Gasteiger partial charge < -0.3 is 10.1 Å². The third kappa shape index (κ3) is 6.06. The quantitative estimate of drug-likeness (QED) is 0.720. The van der Waals surface area contributed by atoms with Crippen molar-refractivity contribution in [1.29, 1.82) is 0 Å². The van der Waals surface area contributed by atoms with Crippen LogP contribution in [0.5, 0.6) is 5.75 Å². The highest BCUT2D eigenvalue weighted by atomic mass is 32.2. The topological polar surface area (TPSA) is 38.3 Å². The summed E-state index contributed by atoms with van der Waals surface area (Å²) in [6.45, 7) is 7.82. The van der Waals surface area contributed by atoms with E-state index in [-0.39, 0.29) is 6.04 Å². The predicted molar refractivity (Wildman–Crippen MR) is 86.8 cm³/mol. The van der Waals surface area contributed by atoms with Crippen molar-refractivity contribution >= 4 is 10.8 Å². The van der Waals surface area contributed by atoms with Crippen molar-refractivity contribution in [3.05, 3.63) is 29.8 Å². The van der Waals surface area contributed by atoms with Gasteiger partial charge in [0.05, 0.1) is 6.61 Å². The molecule has 0 aromatic heterocycles. The lowest BCUT2D eigenvalue weighted by molar-refractivity contribution is 0.340. The van der Waals surface area contributed by atoms with Crippen LogP contribution in [0.25, 0.3) is 0 Å². The van der Waals surface area contributed by atoms with Gasteiger partial charge in [0, 0.05) is 28.3 Å². The Kier molecular flexibility index (Phi) is 8.54. The van der Waals surface area contributed by atoms with Crippen LogP contribution >= 0.6 is 0 Å². The Labute approximate surface area is 125 Å². The minimum absolute atomic E-state index is 0.165. The number of hydrogen-bond acceptors (Lipinski definition) is 3. The maximum absolute atomic E-state index is 12.0. The van der Waals surface area contributed by atoms with Gasteiger partial charge in [-0.1, -0.05) is 26.0 Å². The molecule has 114 valence electrons. The molecule has 1 aromatic rings. The summed E-state index contributed by atoms with van der Waals surface area (Å²) >= 11 is 0. The highest BCUT2D eigenvalue weighted by molar-refractivity contribution is 7.85. The molecule has 0 amide bonds. The molecule has 0 aliphatic heterocycles. The molecule has 4 heteroatoms. The molecule has 0 aliphatic rings. The molecular formula is C16H27NO2S. The lowest BCUT2D eigenvalue weighted by Gasteiger charge is -2.19. The van der Waals surface area contributed by atoms with Gasteiger partial charge in [-0.3, -0.25) is 4.21 Å². The first-order chi connectivity index (χ1) is 9.71. The average Bonchev–Trinajstić information content (AvgIpc) is 2.45. The van der Waals surface area contributed by atoms with Gasteiger partial charge in [-0.15, -0.1) is 0 Å². The van der Waals surface area contributed by atoms with E-state index in [1.807, 2.05) is 19.1 Å². The van der Waals surface area contributed by atoms with Crippen LogP contribution in [0.3, 0.4) is 0 Å². The second-order valence-electron chi connectivity index (χ2n) is 4.82. The van der Waals surface area contributed by atoms with E-state index in [0.29, 0.717) is 12.4 Å². The van der Waals surface area contributed by atoms with Gasteiger partial charge in [-0.05, 0) is 44.0 Å². The Morgan fingerprint density at radius 1 is 1.15 bits per heavy atom. The van der Waals surface area contributed by atoms with Gasteiger partial charge in [0.1, 0.15) is 5.75 Å². The monoisotopic (exact) mass is 297 g/mol. The zero-order chi connectivity index (χ0) is 14.8. The predicted octanol–water partition coefficient (Wildman–Crippen LogP) is 3.28. The lowest BCUT2D eigenvalue weighted by Crippen LogP contribution is -2.27. The first-order valence-electron chi connectivity index (χ1n) is 7.52. The van der Waals surface area contributed by atoms with Crippen molar-refractivity contribution in [2.75, 3.05) is 24.7 Å². The summed E-state index contributed by atoms with van der Waals surface area (Å²) in [7, 11) is -0.757. The Morgan fingerprint density at radius 2 is 1.85 bits per heavy atom. The molecule has 0 saturated carbocycles. The van der Waals surface area contributed by atoms with Crippen LogP contribution in [0.2, 0.25) is 0 Å². The molecule has 0 heterocycles. The van der Waals surface area contributed by atoms with Crippen molar-refractivity contribution < 1.29 is 8.95 Å². The molecule has 0 fully saturated rings. The van der Waals surface area contributed by atoms with E-state index in [1.54, 1.807) is 0 Å². The van der Waals surface area contributed by atoms with Gasteiger partial charge >= 0.3 is 0 Å². The first kappa shape index (κ1) is 17.2. The minimum Gasteiger partial charge on any atom is -0.494 e. The van der Waals surface area contributed by atoms with E-state index in [0.717, 1.165) is 30.9 Å². The average molecular weight is 297 g/mol. The maximum Gasteiger partial charge on any atom is 0.119 e. The Bertz CT molecular complexity index is 392. The summed E-state index contributed by atoms with van der Waals surface area (Å²) in [5, 5.41) is 3.49. The minimum atomic E-state index is -0.757. The van der Waals surface area contributed by atoms with E-state index >= 15 is 0 Å². The molecule has 0 saturated heterocycles.